The zero-order valence-corrected chi connectivity index (χ0v) is 19.7. The lowest BCUT2D eigenvalue weighted by molar-refractivity contribution is -0.0396. The van der Waals surface area contributed by atoms with E-state index in [1.807, 2.05) is 48.5 Å². The molecule has 4 rings (SSSR count). The second kappa shape index (κ2) is 10.4. The normalized spacial score (nSPS) is 16.6. The third kappa shape index (κ3) is 5.55. The Labute approximate surface area is 194 Å². The van der Waals surface area contributed by atoms with Gasteiger partial charge < -0.3 is 14.2 Å². The van der Waals surface area contributed by atoms with Gasteiger partial charge in [-0.3, -0.25) is 0 Å². The summed E-state index contributed by atoms with van der Waals surface area (Å²) in [5.74, 6) is 1.44. The molecule has 2 aromatic carbocycles. The Hall–Kier alpha value is -2.88. The first-order valence-corrected chi connectivity index (χ1v) is 12.4. The van der Waals surface area contributed by atoms with E-state index >= 15 is 0 Å². The number of nitrogens with zero attached hydrogens (tertiary/aromatic N) is 3. The third-order valence-electron chi connectivity index (χ3n) is 5.70. The van der Waals surface area contributed by atoms with Gasteiger partial charge in [-0.25, -0.2) is 13.1 Å². The van der Waals surface area contributed by atoms with Crippen LogP contribution in [0.3, 0.4) is 0 Å². The summed E-state index contributed by atoms with van der Waals surface area (Å²) in [4.78, 5) is 0.152. The molecule has 0 spiro atoms. The molecule has 0 N–H and O–H groups in total. The van der Waals surface area contributed by atoms with E-state index in [0.29, 0.717) is 6.61 Å². The molecule has 1 fully saturated rings. The maximum Gasteiger partial charge on any atom is 0.246 e. The van der Waals surface area contributed by atoms with Crippen LogP contribution in [-0.2, 0) is 27.8 Å². The van der Waals surface area contributed by atoms with Crippen LogP contribution in [0.15, 0.2) is 65.8 Å². The fourth-order valence-corrected chi connectivity index (χ4v) is 5.15. The molecule has 1 saturated heterocycles. The van der Waals surface area contributed by atoms with Gasteiger partial charge in [0.25, 0.3) is 0 Å². The van der Waals surface area contributed by atoms with Gasteiger partial charge in [-0.2, -0.15) is 9.40 Å². The van der Waals surface area contributed by atoms with Gasteiger partial charge in [0.1, 0.15) is 22.6 Å². The van der Waals surface area contributed by atoms with Crippen molar-refractivity contribution in [1.29, 1.82) is 0 Å². The largest absolute Gasteiger partial charge is 0.497 e. The van der Waals surface area contributed by atoms with Crippen LogP contribution in [0.1, 0.15) is 36.6 Å². The zero-order valence-electron chi connectivity index (χ0n) is 18.9. The number of ether oxygens (including phenoxy) is 3. The Bertz CT molecular complexity index is 1090. The highest BCUT2D eigenvalue weighted by molar-refractivity contribution is 7.89. The second-order valence-corrected chi connectivity index (χ2v) is 9.88. The molecule has 176 valence electrons. The summed E-state index contributed by atoms with van der Waals surface area (Å²) in [5, 5.41) is 4.30. The van der Waals surface area contributed by atoms with E-state index in [9.17, 15) is 8.42 Å². The first kappa shape index (κ1) is 23.3. The Kier molecular flexibility index (Phi) is 7.32. The lowest BCUT2D eigenvalue weighted by Crippen LogP contribution is -2.30. The van der Waals surface area contributed by atoms with Crippen molar-refractivity contribution >= 4 is 10.0 Å². The van der Waals surface area contributed by atoms with Gasteiger partial charge in [0, 0.05) is 25.9 Å². The fraction of sp³-hybridized carbons (Fsp3) is 0.375. The average molecular weight is 472 g/mol. The summed E-state index contributed by atoms with van der Waals surface area (Å²) in [6.45, 7) is 1.08. The van der Waals surface area contributed by atoms with E-state index < -0.39 is 10.0 Å². The highest BCUT2D eigenvalue weighted by Gasteiger charge is 2.28. The van der Waals surface area contributed by atoms with E-state index in [1.165, 1.54) is 10.5 Å². The summed E-state index contributed by atoms with van der Waals surface area (Å²) >= 11 is 0. The number of methoxy groups -OCH3 is 2. The van der Waals surface area contributed by atoms with E-state index in [0.717, 1.165) is 41.9 Å². The van der Waals surface area contributed by atoms with Gasteiger partial charge in [0.2, 0.25) is 10.0 Å². The van der Waals surface area contributed by atoms with Gasteiger partial charge in [0.15, 0.2) is 0 Å². The van der Waals surface area contributed by atoms with Crippen molar-refractivity contribution in [3.05, 3.63) is 72.1 Å². The van der Waals surface area contributed by atoms with E-state index in [-0.39, 0.29) is 24.2 Å². The van der Waals surface area contributed by atoms with E-state index in [2.05, 4.69) is 5.10 Å². The molecule has 0 aliphatic carbocycles. The summed E-state index contributed by atoms with van der Waals surface area (Å²) < 4.78 is 46.6. The van der Waals surface area contributed by atoms with Crippen molar-refractivity contribution in [3.8, 4) is 11.5 Å². The van der Waals surface area contributed by atoms with Crippen molar-refractivity contribution in [1.82, 2.24) is 14.1 Å². The van der Waals surface area contributed by atoms with Crippen molar-refractivity contribution < 1.29 is 22.6 Å². The predicted molar refractivity (Wildman–Crippen MR) is 123 cm³/mol. The third-order valence-corrected chi connectivity index (χ3v) is 7.45. The number of rotatable bonds is 9. The van der Waals surface area contributed by atoms with Gasteiger partial charge >= 0.3 is 0 Å². The highest BCUT2D eigenvalue weighted by Crippen LogP contribution is 2.26. The molecule has 1 aliphatic rings. The first-order valence-electron chi connectivity index (χ1n) is 10.9. The molecule has 9 heteroatoms. The lowest BCUT2D eigenvalue weighted by Gasteiger charge is -2.23. The summed E-state index contributed by atoms with van der Waals surface area (Å²) in [6, 6.07) is 14.8. The number of benzene rings is 2. The van der Waals surface area contributed by atoms with Crippen LogP contribution in [0.2, 0.25) is 0 Å². The van der Waals surface area contributed by atoms with Crippen molar-refractivity contribution in [2.24, 2.45) is 0 Å². The van der Waals surface area contributed by atoms with Gasteiger partial charge in [-0.1, -0.05) is 24.3 Å². The van der Waals surface area contributed by atoms with Crippen molar-refractivity contribution in [2.75, 3.05) is 20.8 Å². The van der Waals surface area contributed by atoms with Gasteiger partial charge in [-0.05, 0) is 54.7 Å². The monoisotopic (exact) mass is 471 g/mol. The Morgan fingerprint density at radius 2 is 1.55 bits per heavy atom. The topological polar surface area (TPSA) is 82.9 Å². The molecular weight excluding hydrogens is 442 g/mol. The van der Waals surface area contributed by atoms with Crippen LogP contribution in [0, 0.1) is 0 Å². The van der Waals surface area contributed by atoms with Gasteiger partial charge in [-0.15, -0.1) is 0 Å². The molecule has 1 aromatic heterocycles. The fourth-order valence-electron chi connectivity index (χ4n) is 3.79. The van der Waals surface area contributed by atoms with Crippen LogP contribution in [0.5, 0.6) is 11.5 Å². The van der Waals surface area contributed by atoms with Crippen LogP contribution < -0.4 is 9.47 Å². The van der Waals surface area contributed by atoms with Crippen LogP contribution >= 0.6 is 0 Å². The Balaban J connectivity index is 1.61. The quantitative estimate of drug-likeness (QED) is 0.469. The minimum Gasteiger partial charge on any atom is -0.497 e. The predicted octanol–water partition coefficient (Wildman–Crippen LogP) is 3.99. The Morgan fingerprint density at radius 1 is 0.970 bits per heavy atom. The summed E-state index contributed by atoms with van der Waals surface area (Å²) in [5.41, 5.74) is 1.71. The minimum absolute atomic E-state index is 0.152. The smallest absolute Gasteiger partial charge is 0.246 e. The molecule has 1 atom stereocenters. The highest BCUT2D eigenvalue weighted by atomic mass is 32.2. The molecule has 33 heavy (non-hydrogen) atoms. The molecule has 1 aliphatic heterocycles. The zero-order chi connectivity index (χ0) is 23.3. The molecule has 0 bridgehead atoms. The molecule has 8 nitrogen and oxygen atoms in total. The van der Waals surface area contributed by atoms with Crippen LogP contribution in [-0.4, -0.2) is 43.3 Å². The number of hydrogen-bond acceptors (Lipinski definition) is 6. The molecule has 0 radical (unpaired) electrons. The van der Waals surface area contributed by atoms with Crippen molar-refractivity contribution in [3.63, 3.8) is 0 Å². The number of sulfonamides is 1. The SMILES string of the molecule is COc1ccc(CN(Cc2ccc(OC)cc2)S(=O)(=O)c2cnn(C3CCCCO3)c2)cc1. The molecule has 1 unspecified atom stereocenters. The average Bonchev–Trinajstić information content (AvgIpc) is 3.36. The molecule has 0 amide bonds. The minimum atomic E-state index is -3.81. The number of hydrogen-bond donors (Lipinski definition) is 0. The molecule has 0 saturated carbocycles. The maximum atomic E-state index is 13.7. The van der Waals surface area contributed by atoms with E-state index in [4.69, 9.17) is 14.2 Å². The summed E-state index contributed by atoms with van der Waals surface area (Å²) in [6.07, 6.45) is 5.62. The first-order chi connectivity index (χ1) is 16.0. The molecular formula is C24H29N3O5S. The molecule has 3 aromatic rings. The van der Waals surface area contributed by atoms with Crippen LogP contribution in [0.25, 0.3) is 0 Å². The van der Waals surface area contributed by atoms with Crippen molar-refractivity contribution in [2.45, 2.75) is 43.5 Å². The molecule has 2 heterocycles. The second-order valence-electron chi connectivity index (χ2n) is 7.95. The maximum absolute atomic E-state index is 13.7. The Morgan fingerprint density at radius 3 is 2.03 bits per heavy atom. The van der Waals surface area contributed by atoms with E-state index in [1.54, 1.807) is 25.1 Å². The summed E-state index contributed by atoms with van der Waals surface area (Å²) in [7, 11) is -0.614. The standard InChI is InChI=1S/C24H29N3O5S/c1-30-21-10-6-19(7-11-21)16-26(17-20-8-12-22(31-2)13-9-20)33(28,29)23-15-25-27(18-23)24-5-3-4-14-32-24/h6-13,15,18,24H,3-5,14,16-17H2,1-2H3. The number of aromatic nitrogens is 2. The lowest BCUT2D eigenvalue weighted by atomic mass is 10.2. The van der Waals surface area contributed by atoms with Gasteiger partial charge in [0.05, 0.1) is 20.4 Å². The van der Waals surface area contributed by atoms with Crippen LogP contribution in [0.4, 0.5) is 0 Å².